The lowest BCUT2D eigenvalue weighted by molar-refractivity contribution is 0.299. The van der Waals surface area contributed by atoms with E-state index in [1.165, 1.54) is 6.07 Å². The zero-order chi connectivity index (χ0) is 13.5. The van der Waals surface area contributed by atoms with E-state index in [0.717, 1.165) is 11.1 Å². The molecule has 2 rings (SSSR count). The molecule has 0 atom stereocenters. The van der Waals surface area contributed by atoms with Crippen LogP contribution in [0.25, 0.3) is 0 Å². The predicted molar refractivity (Wildman–Crippen MR) is 74.2 cm³/mol. The standard InChI is InChI=1S/C16H18FNO/c17-16-7-2-1-6-15(16)12-18-11-14-5-3-4-13(10-14)8-9-19/h1-7,10,18-19H,8-9,11-12H2. The monoisotopic (exact) mass is 259 g/mol. The largest absolute Gasteiger partial charge is 0.396 e. The van der Waals surface area contributed by atoms with E-state index in [-0.39, 0.29) is 12.4 Å². The first-order chi connectivity index (χ1) is 9.29. The lowest BCUT2D eigenvalue weighted by Gasteiger charge is -2.07. The normalized spacial score (nSPS) is 10.6. The molecule has 0 aliphatic rings. The molecule has 100 valence electrons. The minimum absolute atomic E-state index is 0.159. The fourth-order valence-electron chi connectivity index (χ4n) is 2.01. The van der Waals surface area contributed by atoms with Crippen molar-refractivity contribution in [1.82, 2.24) is 5.32 Å². The summed E-state index contributed by atoms with van der Waals surface area (Å²) >= 11 is 0. The zero-order valence-electron chi connectivity index (χ0n) is 10.8. The minimum atomic E-state index is -0.177. The van der Waals surface area contributed by atoms with Gasteiger partial charge in [-0.15, -0.1) is 0 Å². The number of benzene rings is 2. The highest BCUT2D eigenvalue weighted by molar-refractivity contribution is 5.24. The molecule has 0 unspecified atom stereocenters. The molecule has 0 saturated heterocycles. The molecule has 0 heterocycles. The van der Waals surface area contributed by atoms with Gasteiger partial charge in [-0.25, -0.2) is 4.39 Å². The van der Waals surface area contributed by atoms with Gasteiger partial charge in [0.2, 0.25) is 0 Å². The maximum absolute atomic E-state index is 13.4. The zero-order valence-corrected chi connectivity index (χ0v) is 10.8. The van der Waals surface area contributed by atoms with Gasteiger partial charge in [-0.1, -0.05) is 42.5 Å². The highest BCUT2D eigenvalue weighted by Crippen LogP contribution is 2.08. The number of aliphatic hydroxyl groups excluding tert-OH is 1. The van der Waals surface area contributed by atoms with Crippen LogP contribution in [0.1, 0.15) is 16.7 Å². The Balaban J connectivity index is 1.89. The van der Waals surface area contributed by atoms with E-state index in [0.29, 0.717) is 25.1 Å². The van der Waals surface area contributed by atoms with Crippen molar-refractivity contribution in [3.05, 3.63) is 71.0 Å². The summed E-state index contributed by atoms with van der Waals surface area (Å²) in [5.41, 5.74) is 2.93. The van der Waals surface area contributed by atoms with Gasteiger partial charge in [0.15, 0.2) is 0 Å². The molecule has 0 fully saturated rings. The van der Waals surface area contributed by atoms with Gasteiger partial charge >= 0.3 is 0 Å². The van der Waals surface area contributed by atoms with Gasteiger partial charge in [0.25, 0.3) is 0 Å². The van der Waals surface area contributed by atoms with Crippen LogP contribution < -0.4 is 5.32 Å². The summed E-state index contributed by atoms with van der Waals surface area (Å²) in [5, 5.41) is 12.1. The van der Waals surface area contributed by atoms with Gasteiger partial charge in [-0.2, -0.15) is 0 Å². The Labute approximate surface area is 112 Å². The Kier molecular flexibility index (Phi) is 5.07. The topological polar surface area (TPSA) is 32.3 Å². The Morgan fingerprint density at radius 1 is 0.947 bits per heavy atom. The molecule has 0 aliphatic heterocycles. The molecule has 0 bridgehead atoms. The second-order valence-corrected chi connectivity index (χ2v) is 4.49. The van der Waals surface area contributed by atoms with Crippen molar-refractivity contribution in [1.29, 1.82) is 0 Å². The lowest BCUT2D eigenvalue weighted by Crippen LogP contribution is -2.13. The molecule has 0 spiro atoms. The Bertz CT molecular complexity index is 528. The van der Waals surface area contributed by atoms with E-state index in [2.05, 4.69) is 11.4 Å². The molecule has 2 aromatic rings. The summed E-state index contributed by atoms with van der Waals surface area (Å²) < 4.78 is 13.4. The van der Waals surface area contributed by atoms with Gasteiger partial charge in [0, 0.05) is 25.3 Å². The quantitative estimate of drug-likeness (QED) is 0.836. The van der Waals surface area contributed by atoms with E-state index in [1.54, 1.807) is 12.1 Å². The van der Waals surface area contributed by atoms with Gasteiger partial charge in [-0.3, -0.25) is 0 Å². The Morgan fingerprint density at radius 2 is 1.74 bits per heavy atom. The predicted octanol–water partition coefficient (Wildman–Crippen LogP) is 2.65. The second kappa shape index (κ2) is 7.02. The van der Waals surface area contributed by atoms with Crippen LogP contribution in [0.3, 0.4) is 0 Å². The molecule has 2 aromatic carbocycles. The van der Waals surface area contributed by atoms with E-state index in [1.807, 2.05) is 24.3 Å². The average Bonchev–Trinajstić information content (AvgIpc) is 2.42. The number of hydrogen-bond acceptors (Lipinski definition) is 2. The van der Waals surface area contributed by atoms with Gasteiger partial charge in [0.05, 0.1) is 0 Å². The first kappa shape index (κ1) is 13.7. The maximum Gasteiger partial charge on any atom is 0.127 e. The van der Waals surface area contributed by atoms with Gasteiger partial charge in [-0.05, 0) is 23.6 Å². The Hall–Kier alpha value is -1.71. The van der Waals surface area contributed by atoms with E-state index in [4.69, 9.17) is 5.11 Å². The molecule has 2 nitrogen and oxygen atoms in total. The third-order valence-corrected chi connectivity index (χ3v) is 2.99. The highest BCUT2D eigenvalue weighted by Gasteiger charge is 2.00. The van der Waals surface area contributed by atoms with Gasteiger partial charge in [0.1, 0.15) is 5.82 Å². The van der Waals surface area contributed by atoms with Crippen molar-refractivity contribution >= 4 is 0 Å². The first-order valence-corrected chi connectivity index (χ1v) is 6.42. The molecule has 0 saturated carbocycles. The molecule has 0 radical (unpaired) electrons. The SMILES string of the molecule is OCCc1cccc(CNCc2ccccc2F)c1. The summed E-state index contributed by atoms with van der Waals surface area (Å²) in [7, 11) is 0. The van der Waals surface area contributed by atoms with Crippen molar-refractivity contribution in [3.63, 3.8) is 0 Å². The van der Waals surface area contributed by atoms with Crippen molar-refractivity contribution in [2.24, 2.45) is 0 Å². The summed E-state index contributed by atoms with van der Waals surface area (Å²) in [5.74, 6) is -0.177. The molecule has 0 amide bonds. The molecular formula is C16H18FNO. The van der Waals surface area contributed by atoms with E-state index in [9.17, 15) is 4.39 Å². The number of hydrogen-bond donors (Lipinski definition) is 2. The Morgan fingerprint density at radius 3 is 2.53 bits per heavy atom. The summed E-state index contributed by atoms with van der Waals surface area (Å²) in [6.07, 6.45) is 0.668. The van der Waals surface area contributed by atoms with Crippen LogP contribution in [-0.4, -0.2) is 11.7 Å². The van der Waals surface area contributed by atoms with E-state index >= 15 is 0 Å². The molecule has 0 aromatic heterocycles. The first-order valence-electron chi connectivity index (χ1n) is 6.42. The molecule has 19 heavy (non-hydrogen) atoms. The molecular weight excluding hydrogens is 241 g/mol. The number of nitrogens with one attached hydrogen (secondary N) is 1. The summed E-state index contributed by atoms with van der Waals surface area (Å²) in [4.78, 5) is 0. The number of aliphatic hydroxyl groups is 1. The van der Waals surface area contributed by atoms with Crippen molar-refractivity contribution in [3.8, 4) is 0 Å². The third kappa shape index (κ3) is 4.16. The van der Waals surface area contributed by atoms with Gasteiger partial charge < -0.3 is 10.4 Å². The van der Waals surface area contributed by atoms with Crippen molar-refractivity contribution in [2.45, 2.75) is 19.5 Å². The average molecular weight is 259 g/mol. The van der Waals surface area contributed by atoms with Crippen LogP contribution in [0.5, 0.6) is 0 Å². The fourth-order valence-corrected chi connectivity index (χ4v) is 2.01. The molecule has 2 N–H and O–H groups in total. The molecule has 3 heteroatoms. The summed E-state index contributed by atoms with van der Waals surface area (Å²) in [6.45, 7) is 1.36. The van der Waals surface area contributed by atoms with E-state index < -0.39 is 0 Å². The van der Waals surface area contributed by atoms with Crippen molar-refractivity contribution in [2.75, 3.05) is 6.61 Å². The maximum atomic E-state index is 13.4. The summed E-state index contributed by atoms with van der Waals surface area (Å²) in [6, 6.07) is 14.8. The molecule has 0 aliphatic carbocycles. The van der Waals surface area contributed by atoms with Crippen LogP contribution >= 0.6 is 0 Å². The highest BCUT2D eigenvalue weighted by atomic mass is 19.1. The number of rotatable bonds is 6. The van der Waals surface area contributed by atoms with Crippen LogP contribution in [0.2, 0.25) is 0 Å². The van der Waals surface area contributed by atoms with Crippen molar-refractivity contribution < 1.29 is 9.50 Å². The van der Waals surface area contributed by atoms with Crippen LogP contribution in [0.15, 0.2) is 48.5 Å². The fraction of sp³-hybridized carbons (Fsp3) is 0.250. The lowest BCUT2D eigenvalue weighted by atomic mass is 10.1. The smallest absolute Gasteiger partial charge is 0.127 e. The third-order valence-electron chi connectivity index (χ3n) is 2.99. The number of halogens is 1. The second-order valence-electron chi connectivity index (χ2n) is 4.49. The van der Waals surface area contributed by atoms with Crippen LogP contribution in [-0.2, 0) is 19.5 Å². The minimum Gasteiger partial charge on any atom is -0.396 e. The van der Waals surface area contributed by atoms with Crippen LogP contribution in [0, 0.1) is 5.82 Å². The van der Waals surface area contributed by atoms with Crippen LogP contribution in [0.4, 0.5) is 4.39 Å².